The van der Waals surface area contributed by atoms with Gasteiger partial charge in [0, 0.05) is 31.6 Å². The third-order valence-corrected chi connectivity index (χ3v) is 5.20. The number of hydrogen-bond donors (Lipinski definition) is 1. The van der Waals surface area contributed by atoms with Gasteiger partial charge >= 0.3 is 0 Å². The number of aromatic nitrogens is 3. The minimum absolute atomic E-state index is 0. The molecule has 7 heteroatoms. The maximum absolute atomic E-state index is 12.8. The zero-order valence-corrected chi connectivity index (χ0v) is 15.8. The van der Waals surface area contributed by atoms with Crippen molar-refractivity contribution < 1.29 is 4.79 Å². The quantitative estimate of drug-likeness (QED) is 0.900. The molecule has 1 amide bonds. The highest BCUT2D eigenvalue weighted by molar-refractivity contribution is 5.85. The number of nitrogens with one attached hydrogen (secondary N) is 1. The summed E-state index contributed by atoms with van der Waals surface area (Å²) in [6.07, 6.45) is 4.22. The Kier molecular flexibility index (Phi) is 6.63. The Hall–Kier alpha value is -1.14. The zero-order chi connectivity index (χ0) is 16.4. The number of nitrogens with zero attached hydrogens (tertiary/aromatic N) is 4. The number of halogens is 1. The van der Waals surface area contributed by atoms with E-state index in [4.69, 9.17) is 0 Å². The standard InChI is InChI=1S/C17H29N5O.ClH/c1-12-9-16(6-7-18-12)17(23)21-8-4-5-15(10-21)11-22-14(3)19-13(2)20-22;/h12,15-16,18H,4-11H2,1-3H3;1H/t12-,15?,16-;/m0./s1. The molecule has 0 aromatic carbocycles. The first kappa shape index (κ1) is 19.2. The van der Waals surface area contributed by atoms with Crippen LogP contribution in [0, 0.1) is 25.7 Å². The second kappa shape index (κ2) is 8.30. The van der Waals surface area contributed by atoms with Gasteiger partial charge in [-0.1, -0.05) is 0 Å². The number of carbonyl (C=O) groups excluding carboxylic acids is 1. The second-order valence-corrected chi connectivity index (χ2v) is 7.26. The first-order valence-electron chi connectivity index (χ1n) is 8.93. The number of hydrogen-bond acceptors (Lipinski definition) is 4. The maximum Gasteiger partial charge on any atom is 0.225 e. The van der Waals surface area contributed by atoms with E-state index in [1.807, 2.05) is 18.5 Å². The lowest BCUT2D eigenvalue weighted by Gasteiger charge is -2.37. The summed E-state index contributed by atoms with van der Waals surface area (Å²) in [5.41, 5.74) is 0. The molecule has 0 spiro atoms. The maximum atomic E-state index is 12.8. The molecular formula is C17H30ClN5O. The molecule has 1 N–H and O–H groups in total. The fraction of sp³-hybridized carbons (Fsp3) is 0.824. The third kappa shape index (κ3) is 4.48. The topological polar surface area (TPSA) is 63.1 Å². The van der Waals surface area contributed by atoms with Gasteiger partial charge < -0.3 is 10.2 Å². The predicted molar refractivity (Wildman–Crippen MR) is 96.2 cm³/mol. The van der Waals surface area contributed by atoms with Gasteiger partial charge in [0.25, 0.3) is 0 Å². The Morgan fingerprint density at radius 2 is 2.12 bits per heavy atom. The Morgan fingerprint density at radius 3 is 2.79 bits per heavy atom. The molecule has 1 aromatic rings. The first-order chi connectivity index (χ1) is 11.0. The van der Waals surface area contributed by atoms with Crippen molar-refractivity contribution in [2.45, 2.75) is 59.0 Å². The van der Waals surface area contributed by atoms with Gasteiger partial charge in [-0.15, -0.1) is 12.4 Å². The van der Waals surface area contributed by atoms with Crippen molar-refractivity contribution in [2.24, 2.45) is 11.8 Å². The summed E-state index contributed by atoms with van der Waals surface area (Å²) in [5, 5.41) is 7.90. The van der Waals surface area contributed by atoms with E-state index in [0.717, 1.165) is 57.1 Å². The molecule has 136 valence electrons. The van der Waals surface area contributed by atoms with E-state index in [1.165, 1.54) is 6.42 Å². The van der Waals surface area contributed by atoms with E-state index >= 15 is 0 Å². The Labute approximate surface area is 150 Å². The van der Waals surface area contributed by atoms with Crippen molar-refractivity contribution >= 4 is 18.3 Å². The van der Waals surface area contributed by atoms with Crippen molar-refractivity contribution in [2.75, 3.05) is 19.6 Å². The molecule has 1 unspecified atom stereocenters. The second-order valence-electron chi connectivity index (χ2n) is 7.26. The number of likely N-dealkylation sites (tertiary alicyclic amines) is 1. The molecule has 2 saturated heterocycles. The van der Waals surface area contributed by atoms with Gasteiger partial charge in [-0.3, -0.25) is 4.79 Å². The highest BCUT2D eigenvalue weighted by Crippen LogP contribution is 2.24. The Bertz CT molecular complexity index is 561. The van der Waals surface area contributed by atoms with Gasteiger partial charge in [0.05, 0.1) is 0 Å². The number of piperidine rings is 2. The summed E-state index contributed by atoms with van der Waals surface area (Å²) < 4.78 is 2.00. The van der Waals surface area contributed by atoms with Crippen LogP contribution in [-0.2, 0) is 11.3 Å². The molecule has 2 aliphatic rings. The molecule has 3 heterocycles. The number of aryl methyl sites for hydroxylation is 2. The van der Waals surface area contributed by atoms with E-state index in [9.17, 15) is 4.79 Å². The molecule has 3 rings (SSSR count). The fourth-order valence-corrected chi connectivity index (χ4v) is 4.01. The minimum Gasteiger partial charge on any atom is -0.342 e. The van der Waals surface area contributed by atoms with Crippen molar-refractivity contribution in [3.05, 3.63) is 11.6 Å². The van der Waals surface area contributed by atoms with Gasteiger partial charge in [0.2, 0.25) is 5.91 Å². The predicted octanol–water partition coefficient (Wildman–Crippen LogP) is 1.94. The summed E-state index contributed by atoms with van der Waals surface area (Å²) >= 11 is 0. The van der Waals surface area contributed by atoms with E-state index in [-0.39, 0.29) is 18.3 Å². The molecule has 0 bridgehead atoms. The summed E-state index contributed by atoms with van der Waals surface area (Å²) in [5.74, 6) is 2.87. The normalized spacial score (nSPS) is 27.6. The van der Waals surface area contributed by atoms with E-state index < -0.39 is 0 Å². The van der Waals surface area contributed by atoms with Crippen LogP contribution in [0.3, 0.4) is 0 Å². The smallest absolute Gasteiger partial charge is 0.225 e. The van der Waals surface area contributed by atoms with Crippen LogP contribution in [-0.4, -0.2) is 51.2 Å². The van der Waals surface area contributed by atoms with E-state index in [1.54, 1.807) is 0 Å². The summed E-state index contributed by atoms with van der Waals surface area (Å²) in [4.78, 5) is 19.3. The van der Waals surface area contributed by atoms with E-state index in [2.05, 4.69) is 27.2 Å². The van der Waals surface area contributed by atoms with Gasteiger partial charge in [-0.2, -0.15) is 5.10 Å². The lowest BCUT2D eigenvalue weighted by atomic mass is 9.90. The third-order valence-electron chi connectivity index (χ3n) is 5.20. The Morgan fingerprint density at radius 1 is 1.33 bits per heavy atom. The number of rotatable bonds is 3. The van der Waals surface area contributed by atoms with Crippen molar-refractivity contribution in [1.82, 2.24) is 25.0 Å². The van der Waals surface area contributed by atoms with Gasteiger partial charge in [0.1, 0.15) is 11.6 Å². The minimum atomic E-state index is 0. The molecule has 2 fully saturated rings. The molecule has 1 aromatic heterocycles. The number of carbonyl (C=O) groups is 1. The van der Waals surface area contributed by atoms with Crippen LogP contribution in [0.4, 0.5) is 0 Å². The Balaban J connectivity index is 0.00000208. The molecule has 0 radical (unpaired) electrons. The SMILES string of the molecule is Cc1nc(C)n(CC2CCCN(C(=O)[C@H]3CCN[C@@H](C)C3)C2)n1.Cl. The van der Waals surface area contributed by atoms with Crippen molar-refractivity contribution in [1.29, 1.82) is 0 Å². The average Bonchev–Trinajstić information content (AvgIpc) is 2.84. The van der Waals surface area contributed by atoms with Crippen LogP contribution in [0.25, 0.3) is 0 Å². The largest absolute Gasteiger partial charge is 0.342 e. The van der Waals surface area contributed by atoms with Crippen LogP contribution in [0.5, 0.6) is 0 Å². The highest BCUT2D eigenvalue weighted by Gasteiger charge is 2.31. The molecule has 2 aliphatic heterocycles. The van der Waals surface area contributed by atoms with E-state index in [0.29, 0.717) is 17.9 Å². The summed E-state index contributed by atoms with van der Waals surface area (Å²) in [7, 11) is 0. The summed E-state index contributed by atoms with van der Waals surface area (Å²) in [6.45, 7) is 9.73. The first-order valence-corrected chi connectivity index (χ1v) is 8.93. The molecule has 0 aliphatic carbocycles. The van der Waals surface area contributed by atoms with Crippen LogP contribution in [0.1, 0.15) is 44.3 Å². The van der Waals surface area contributed by atoms with Gasteiger partial charge in [-0.05, 0) is 58.9 Å². The molecule has 0 saturated carbocycles. The lowest BCUT2D eigenvalue weighted by molar-refractivity contribution is -0.138. The summed E-state index contributed by atoms with van der Waals surface area (Å²) in [6, 6.07) is 0.457. The zero-order valence-electron chi connectivity index (χ0n) is 15.0. The lowest BCUT2D eigenvalue weighted by Crippen LogP contribution is -2.47. The van der Waals surface area contributed by atoms with Crippen LogP contribution < -0.4 is 5.32 Å². The highest BCUT2D eigenvalue weighted by atomic mass is 35.5. The fourth-order valence-electron chi connectivity index (χ4n) is 4.01. The average molecular weight is 356 g/mol. The molecular weight excluding hydrogens is 326 g/mol. The van der Waals surface area contributed by atoms with Crippen molar-refractivity contribution in [3.63, 3.8) is 0 Å². The van der Waals surface area contributed by atoms with Crippen molar-refractivity contribution in [3.8, 4) is 0 Å². The molecule has 6 nitrogen and oxygen atoms in total. The van der Waals surface area contributed by atoms with Crippen LogP contribution >= 0.6 is 12.4 Å². The van der Waals surface area contributed by atoms with Crippen LogP contribution in [0.15, 0.2) is 0 Å². The van der Waals surface area contributed by atoms with Crippen LogP contribution in [0.2, 0.25) is 0 Å². The van der Waals surface area contributed by atoms with Gasteiger partial charge in [-0.25, -0.2) is 9.67 Å². The monoisotopic (exact) mass is 355 g/mol. The molecule has 3 atom stereocenters. The number of amides is 1. The molecule has 24 heavy (non-hydrogen) atoms. The van der Waals surface area contributed by atoms with Gasteiger partial charge in [0.15, 0.2) is 0 Å².